The third kappa shape index (κ3) is 4.58. The van der Waals surface area contributed by atoms with Crippen LogP contribution in [0.3, 0.4) is 0 Å². The van der Waals surface area contributed by atoms with Gasteiger partial charge in [0.2, 0.25) is 0 Å². The highest BCUT2D eigenvalue weighted by Crippen LogP contribution is 2.25. The molecule has 1 atom stereocenters. The van der Waals surface area contributed by atoms with E-state index in [1.807, 2.05) is 35.4 Å². The molecule has 9 heteroatoms. The lowest BCUT2D eigenvalue weighted by atomic mass is 9.97. The summed E-state index contributed by atoms with van der Waals surface area (Å²) in [5.41, 5.74) is 4.00. The normalized spacial score (nSPS) is 16.6. The Bertz CT molecular complexity index is 1250. The molecule has 1 fully saturated rings. The number of aromatic nitrogens is 4. The van der Waals surface area contributed by atoms with Gasteiger partial charge in [0, 0.05) is 24.4 Å². The molecule has 33 heavy (non-hydrogen) atoms. The molecule has 1 unspecified atom stereocenters. The maximum atomic E-state index is 13.5. The number of benzene rings is 2. The van der Waals surface area contributed by atoms with Crippen LogP contribution >= 0.6 is 0 Å². The Labute approximate surface area is 190 Å². The van der Waals surface area contributed by atoms with Crippen LogP contribution in [0, 0.1) is 12.8 Å². The highest BCUT2D eigenvalue weighted by Gasteiger charge is 2.26. The number of nitrogens with one attached hydrogen (secondary N) is 1. The number of carbonyl (C=O) groups excluding carboxylic acids is 1. The molecule has 1 amide bonds. The Morgan fingerprint density at radius 1 is 1.21 bits per heavy atom. The molecule has 4 aromatic rings. The molecule has 0 radical (unpaired) electrons. The number of carbonyl (C=O) groups is 1. The van der Waals surface area contributed by atoms with Crippen LogP contribution < -0.4 is 4.74 Å². The molecule has 3 heterocycles. The van der Waals surface area contributed by atoms with E-state index in [9.17, 15) is 4.79 Å². The number of hydrogen-bond acceptors (Lipinski definition) is 7. The summed E-state index contributed by atoms with van der Waals surface area (Å²) in [5, 5.41) is 15.9. The van der Waals surface area contributed by atoms with Gasteiger partial charge in [0.15, 0.2) is 0 Å². The molecule has 9 nitrogen and oxygen atoms in total. The molecule has 5 rings (SSSR count). The lowest BCUT2D eigenvalue weighted by Crippen LogP contribution is -2.36. The zero-order valence-electron chi connectivity index (χ0n) is 18.4. The van der Waals surface area contributed by atoms with Crippen LogP contribution in [0.5, 0.6) is 5.75 Å². The summed E-state index contributed by atoms with van der Waals surface area (Å²) in [6.45, 7) is 4.23. The van der Waals surface area contributed by atoms with Crippen LogP contribution in [0.4, 0.5) is 0 Å². The Morgan fingerprint density at radius 2 is 2.12 bits per heavy atom. The van der Waals surface area contributed by atoms with Gasteiger partial charge in [-0.15, -0.1) is 0 Å². The van der Waals surface area contributed by atoms with Crippen molar-refractivity contribution in [3.05, 3.63) is 71.2 Å². The van der Waals surface area contributed by atoms with E-state index in [1.165, 1.54) is 5.56 Å². The molecular formula is C24H25N5O4. The number of aromatic amines is 1. The zero-order chi connectivity index (χ0) is 22.6. The van der Waals surface area contributed by atoms with Crippen LogP contribution in [-0.2, 0) is 17.8 Å². The number of rotatable bonds is 6. The van der Waals surface area contributed by atoms with Crippen molar-refractivity contribution in [1.82, 2.24) is 25.4 Å². The lowest BCUT2D eigenvalue weighted by Gasteiger charge is -2.25. The number of ether oxygens (including phenoxy) is 2. The Kier molecular flexibility index (Phi) is 6.03. The smallest absolute Gasteiger partial charge is 0.257 e. The van der Waals surface area contributed by atoms with Crippen molar-refractivity contribution in [2.24, 2.45) is 5.92 Å². The van der Waals surface area contributed by atoms with Gasteiger partial charge in [-0.3, -0.25) is 9.89 Å². The predicted molar refractivity (Wildman–Crippen MR) is 120 cm³/mol. The SMILES string of the molecule is Cc1nonc1COc1ccccc1C(=O)N1CCOCC(Cc2cccc3[nH]ncc23)C1. The molecule has 1 saturated heterocycles. The molecular weight excluding hydrogens is 422 g/mol. The summed E-state index contributed by atoms with van der Waals surface area (Å²) in [4.78, 5) is 15.4. The Balaban J connectivity index is 1.32. The summed E-state index contributed by atoms with van der Waals surface area (Å²) in [6, 6.07) is 13.4. The second-order valence-electron chi connectivity index (χ2n) is 8.23. The zero-order valence-corrected chi connectivity index (χ0v) is 18.4. The number of amides is 1. The molecule has 0 bridgehead atoms. The molecule has 2 aromatic carbocycles. The second-order valence-corrected chi connectivity index (χ2v) is 8.23. The Hall–Kier alpha value is -3.72. The number of para-hydroxylation sites is 1. The van der Waals surface area contributed by atoms with Gasteiger partial charge in [-0.05, 0) is 37.1 Å². The molecule has 1 aliphatic rings. The predicted octanol–water partition coefficient (Wildman–Crippen LogP) is 3.16. The van der Waals surface area contributed by atoms with Crippen molar-refractivity contribution >= 4 is 16.8 Å². The number of nitrogens with zero attached hydrogens (tertiary/aromatic N) is 4. The van der Waals surface area contributed by atoms with E-state index in [1.54, 1.807) is 19.1 Å². The first-order valence-electron chi connectivity index (χ1n) is 11.0. The first-order chi connectivity index (χ1) is 16.2. The van der Waals surface area contributed by atoms with E-state index in [4.69, 9.17) is 14.1 Å². The quantitative estimate of drug-likeness (QED) is 0.484. The summed E-state index contributed by atoms with van der Waals surface area (Å²) in [6.07, 6.45) is 2.65. The summed E-state index contributed by atoms with van der Waals surface area (Å²) >= 11 is 0. The fourth-order valence-electron chi connectivity index (χ4n) is 4.17. The fourth-order valence-corrected chi connectivity index (χ4v) is 4.17. The van der Waals surface area contributed by atoms with Crippen molar-refractivity contribution in [3.8, 4) is 5.75 Å². The molecule has 0 aliphatic carbocycles. The average Bonchev–Trinajstić information content (AvgIpc) is 3.42. The highest BCUT2D eigenvalue weighted by atomic mass is 16.6. The van der Waals surface area contributed by atoms with E-state index in [-0.39, 0.29) is 18.4 Å². The van der Waals surface area contributed by atoms with E-state index >= 15 is 0 Å². The summed E-state index contributed by atoms with van der Waals surface area (Å²) < 4.78 is 16.5. The van der Waals surface area contributed by atoms with Crippen LogP contribution in [0.1, 0.15) is 27.3 Å². The lowest BCUT2D eigenvalue weighted by molar-refractivity contribution is 0.0732. The standard InChI is InChI=1S/C24H25N5O4/c1-16-22(28-33-27-16)15-32-23-8-3-2-6-19(23)24(30)29-9-10-31-14-17(13-29)11-18-5-4-7-21-20(18)12-25-26-21/h2-8,12,17H,9-11,13-15H2,1H3,(H,25,26). The van der Waals surface area contributed by atoms with Crippen molar-refractivity contribution in [2.45, 2.75) is 20.0 Å². The van der Waals surface area contributed by atoms with Crippen LogP contribution in [0.15, 0.2) is 53.3 Å². The molecule has 1 aliphatic heterocycles. The number of H-pyrrole nitrogens is 1. The van der Waals surface area contributed by atoms with Crippen molar-refractivity contribution < 1.29 is 18.9 Å². The van der Waals surface area contributed by atoms with Crippen molar-refractivity contribution in [1.29, 1.82) is 0 Å². The summed E-state index contributed by atoms with van der Waals surface area (Å²) in [5.74, 6) is 0.612. The first kappa shape index (κ1) is 21.1. The second kappa shape index (κ2) is 9.41. The third-order valence-electron chi connectivity index (χ3n) is 5.94. The van der Waals surface area contributed by atoms with Gasteiger partial charge in [0.05, 0.1) is 30.5 Å². The average molecular weight is 447 g/mol. The monoisotopic (exact) mass is 447 g/mol. The van der Waals surface area contributed by atoms with Gasteiger partial charge in [-0.2, -0.15) is 5.10 Å². The maximum absolute atomic E-state index is 13.5. The topological polar surface area (TPSA) is 106 Å². The molecule has 2 aromatic heterocycles. The molecule has 1 N–H and O–H groups in total. The third-order valence-corrected chi connectivity index (χ3v) is 5.94. The van der Waals surface area contributed by atoms with E-state index in [0.717, 1.165) is 17.3 Å². The van der Waals surface area contributed by atoms with E-state index < -0.39 is 0 Å². The number of aryl methyl sites for hydroxylation is 1. The van der Waals surface area contributed by atoms with E-state index in [0.29, 0.717) is 49.0 Å². The minimum atomic E-state index is -0.0716. The van der Waals surface area contributed by atoms with Crippen LogP contribution in [0.2, 0.25) is 0 Å². The van der Waals surface area contributed by atoms with Gasteiger partial charge in [-0.25, -0.2) is 4.63 Å². The summed E-state index contributed by atoms with van der Waals surface area (Å²) in [7, 11) is 0. The van der Waals surface area contributed by atoms with Gasteiger partial charge >= 0.3 is 0 Å². The van der Waals surface area contributed by atoms with Gasteiger partial charge in [0.1, 0.15) is 23.7 Å². The van der Waals surface area contributed by atoms with Gasteiger partial charge in [-0.1, -0.05) is 34.6 Å². The van der Waals surface area contributed by atoms with Crippen molar-refractivity contribution in [3.63, 3.8) is 0 Å². The highest BCUT2D eigenvalue weighted by molar-refractivity contribution is 5.97. The first-order valence-corrected chi connectivity index (χ1v) is 11.0. The Morgan fingerprint density at radius 3 is 3.00 bits per heavy atom. The molecule has 0 saturated carbocycles. The molecule has 0 spiro atoms. The molecule has 170 valence electrons. The van der Waals surface area contributed by atoms with E-state index in [2.05, 4.69) is 26.6 Å². The number of hydrogen-bond donors (Lipinski definition) is 1. The van der Waals surface area contributed by atoms with Gasteiger partial charge in [0.25, 0.3) is 5.91 Å². The minimum absolute atomic E-state index is 0.0716. The van der Waals surface area contributed by atoms with Crippen molar-refractivity contribution in [2.75, 3.05) is 26.3 Å². The minimum Gasteiger partial charge on any atom is -0.486 e. The van der Waals surface area contributed by atoms with Crippen LogP contribution in [-0.4, -0.2) is 57.6 Å². The fraction of sp³-hybridized carbons (Fsp3) is 0.333. The van der Waals surface area contributed by atoms with Gasteiger partial charge < -0.3 is 14.4 Å². The number of fused-ring (bicyclic) bond motifs is 1. The maximum Gasteiger partial charge on any atom is 0.257 e. The van der Waals surface area contributed by atoms with Crippen LogP contribution in [0.25, 0.3) is 10.9 Å². The largest absolute Gasteiger partial charge is 0.486 e.